The molecule has 0 radical (unpaired) electrons. The quantitative estimate of drug-likeness (QED) is 0.703. The third-order valence-electron chi connectivity index (χ3n) is 3.74. The van der Waals surface area contributed by atoms with E-state index in [-0.39, 0.29) is 5.91 Å². The van der Waals surface area contributed by atoms with E-state index in [1.54, 1.807) is 12.2 Å². The fourth-order valence-electron chi connectivity index (χ4n) is 2.57. The van der Waals surface area contributed by atoms with Gasteiger partial charge in [-0.1, -0.05) is 19.1 Å². The van der Waals surface area contributed by atoms with Crippen LogP contribution in [0.5, 0.6) is 0 Å². The van der Waals surface area contributed by atoms with Gasteiger partial charge < -0.3 is 10.2 Å². The van der Waals surface area contributed by atoms with Crippen molar-refractivity contribution in [2.24, 2.45) is 11.8 Å². The summed E-state index contributed by atoms with van der Waals surface area (Å²) in [6, 6.07) is 0. The van der Waals surface area contributed by atoms with Crippen molar-refractivity contribution in [3.8, 4) is 0 Å². The SMILES string of the molecule is C=CCN(CC=C)C(=O)CC(C)C1CCNCC1. The van der Waals surface area contributed by atoms with Gasteiger partial charge in [-0.2, -0.15) is 0 Å². The zero-order valence-corrected chi connectivity index (χ0v) is 11.5. The molecule has 1 heterocycles. The molecule has 0 aromatic rings. The minimum atomic E-state index is 0.223. The van der Waals surface area contributed by atoms with E-state index < -0.39 is 0 Å². The van der Waals surface area contributed by atoms with Crippen LogP contribution < -0.4 is 5.32 Å². The van der Waals surface area contributed by atoms with Crippen LogP contribution in [0, 0.1) is 11.8 Å². The van der Waals surface area contributed by atoms with E-state index in [0.717, 1.165) is 13.1 Å². The summed E-state index contributed by atoms with van der Waals surface area (Å²) in [6.45, 7) is 13.0. The molecule has 18 heavy (non-hydrogen) atoms. The molecule has 1 saturated heterocycles. The van der Waals surface area contributed by atoms with Crippen LogP contribution in [0.4, 0.5) is 0 Å². The smallest absolute Gasteiger partial charge is 0.223 e. The fourth-order valence-corrected chi connectivity index (χ4v) is 2.57. The molecular formula is C15H26N2O. The number of hydrogen-bond donors (Lipinski definition) is 1. The number of carbonyl (C=O) groups excluding carboxylic acids is 1. The highest BCUT2D eigenvalue weighted by atomic mass is 16.2. The lowest BCUT2D eigenvalue weighted by Crippen LogP contribution is -2.36. The van der Waals surface area contributed by atoms with Crippen LogP contribution in [-0.2, 0) is 4.79 Å². The van der Waals surface area contributed by atoms with Crippen molar-refractivity contribution in [1.29, 1.82) is 0 Å². The van der Waals surface area contributed by atoms with Gasteiger partial charge in [0.2, 0.25) is 5.91 Å². The number of amides is 1. The first-order valence-electron chi connectivity index (χ1n) is 6.89. The number of rotatable bonds is 7. The van der Waals surface area contributed by atoms with Crippen molar-refractivity contribution in [3.05, 3.63) is 25.3 Å². The minimum Gasteiger partial charge on any atom is -0.335 e. The van der Waals surface area contributed by atoms with Gasteiger partial charge in [0.15, 0.2) is 0 Å². The summed E-state index contributed by atoms with van der Waals surface area (Å²) in [7, 11) is 0. The molecule has 1 rings (SSSR count). The van der Waals surface area contributed by atoms with E-state index in [1.807, 2.05) is 4.90 Å². The Morgan fingerprint density at radius 1 is 1.33 bits per heavy atom. The predicted octanol–water partition coefficient (Wildman–Crippen LogP) is 2.21. The number of piperidine rings is 1. The number of nitrogens with zero attached hydrogens (tertiary/aromatic N) is 1. The summed E-state index contributed by atoms with van der Waals surface area (Å²) < 4.78 is 0. The highest BCUT2D eigenvalue weighted by Crippen LogP contribution is 2.24. The topological polar surface area (TPSA) is 32.3 Å². The molecule has 3 nitrogen and oxygen atoms in total. The van der Waals surface area contributed by atoms with E-state index in [0.29, 0.717) is 31.3 Å². The average molecular weight is 250 g/mol. The van der Waals surface area contributed by atoms with Crippen LogP contribution in [0.2, 0.25) is 0 Å². The first kappa shape index (κ1) is 15.0. The first-order valence-corrected chi connectivity index (χ1v) is 6.89. The maximum Gasteiger partial charge on any atom is 0.223 e. The zero-order valence-electron chi connectivity index (χ0n) is 11.5. The van der Waals surface area contributed by atoms with Crippen LogP contribution in [0.15, 0.2) is 25.3 Å². The van der Waals surface area contributed by atoms with Gasteiger partial charge >= 0.3 is 0 Å². The Morgan fingerprint density at radius 2 is 1.89 bits per heavy atom. The van der Waals surface area contributed by atoms with E-state index >= 15 is 0 Å². The van der Waals surface area contributed by atoms with Crippen LogP contribution in [0.25, 0.3) is 0 Å². The van der Waals surface area contributed by atoms with E-state index in [1.165, 1.54) is 12.8 Å². The monoisotopic (exact) mass is 250 g/mol. The molecule has 1 aliphatic heterocycles. The van der Waals surface area contributed by atoms with E-state index in [2.05, 4.69) is 25.4 Å². The molecule has 1 amide bonds. The van der Waals surface area contributed by atoms with E-state index in [9.17, 15) is 4.79 Å². The Kier molecular flexibility index (Phi) is 6.73. The third-order valence-corrected chi connectivity index (χ3v) is 3.74. The van der Waals surface area contributed by atoms with Gasteiger partial charge in [0.1, 0.15) is 0 Å². The lowest BCUT2D eigenvalue weighted by atomic mass is 9.84. The van der Waals surface area contributed by atoms with Crippen molar-refractivity contribution < 1.29 is 4.79 Å². The maximum absolute atomic E-state index is 12.2. The van der Waals surface area contributed by atoms with Crippen molar-refractivity contribution in [3.63, 3.8) is 0 Å². The van der Waals surface area contributed by atoms with Crippen molar-refractivity contribution in [1.82, 2.24) is 10.2 Å². The molecule has 1 unspecified atom stereocenters. The normalized spacial score (nSPS) is 18.1. The Morgan fingerprint density at radius 3 is 2.39 bits per heavy atom. The van der Waals surface area contributed by atoms with Gasteiger partial charge in [-0.05, 0) is 37.8 Å². The van der Waals surface area contributed by atoms with Crippen LogP contribution in [-0.4, -0.2) is 37.0 Å². The Bertz CT molecular complexity index is 272. The molecular weight excluding hydrogens is 224 g/mol. The van der Waals surface area contributed by atoms with Gasteiger partial charge in [-0.15, -0.1) is 13.2 Å². The second-order valence-corrected chi connectivity index (χ2v) is 5.14. The molecule has 1 aliphatic rings. The van der Waals surface area contributed by atoms with Gasteiger partial charge in [0.25, 0.3) is 0 Å². The summed E-state index contributed by atoms with van der Waals surface area (Å²) in [6.07, 6.45) is 6.58. The molecule has 1 fully saturated rings. The summed E-state index contributed by atoms with van der Waals surface area (Å²) in [5.74, 6) is 1.38. The minimum absolute atomic E-state index is 0.223. The molecule has 0 aromatic heterocycles. The molecule has 0 bridgehead atoms. The number of nitrogens with one attached hydrogen (secondary N) is 1. The summed E-state index contributed by atoms with van der Waals surface area (Å²) in [4.78, 5) is 14.0. The number of hydrogen-bond acceptors (Lipinski definition) is 2. The highest BCUT2D eigenvalue weighted by molar-refractivity contribution is 5.76. The van der Waals surface area contributed by atoms with Crippen LogP contribution in [0.3, 0.4) is 0 Å². The first-order chi connectivity index (χ1) is 8.69. The standard InChI is InChI=1S/C15H26N2O/c1-4-10-17(11-5-2)15(18)12-13(3)14-6-8-16-9-7-14/h4-5,13-14,16H,1-2,6-12H2,3H3. The van der Waals surface area contributed by atoms with Crippen molar-refractivity contribution in [2.45, 2.75) is 26.2 Å². The highest BCUT2D eigenvalue weighted by Gasteiger charge is 2.23. The molecule has 0 saturated carbocycles. The maximum atomic E-state index is 12.2. The Labute approximate surface area is 111 Å². The Hall–Kier alpha value is -1.09. The van der Waals surface area contributed by atoms with Gasteiger partial charge in [-0.25, -0.2) is 0 Å². The molecule has 0 spiro atoms. The average Bonchev–Trinajstić information content (AvgIpc) is 2.39. The summed E-state index contributed by atoms with van der Waals surface area (Å²) in [5, 5.41) is 3.36. The molecule has 3 heteroatoms. The fraction of sp³-hybridized carbons (Fsp3) is 0.667. The number of carbonyl (C=O) groups is 1. The van der Waals surface area contributed by atoms with Crippen molar-refractivity contribution in [2.75, 3.05) is 26.2 Å². The van der Waals surface area contributed by atoms with Crippen LogP contribution in [0.1, 0.15) is 26.2 Å². The second-order valence-electron chi connectivity index (χ2n) is 5.14. The molecule has 0 aromatic carbocycles. The zero-order chi connectivity index (χ0) is 13.4. The lowest BCUT2D eigenvalue weighted by molar-refractivity contribution is -0.131. The largest absolute Gasteiger partial charge is 0.335 e. The second kappa shape index (κ2) is 8.09. The van der Waals surface area contributed by atoms with Gasteiger partial charge in [0.05, 0.1) is 0 Å². The van der Waals surface area contributed by atoms with Crippen LogP contribution >= 0.6 is 0 Å². The summed E-state index contributed by atoms with van der Waals surface area (Å²) >= 11 is 0. The van der Waals surface area contributed by atoms with E-state index in [4.69, 9.17) is 0 Å². The summed E-state index contributed by atoms with van der Waals surface area (Å²) in [5.41, 5.74) is 0. The van der Waals surface area contributed by atoms with Gasteiger partial charge in [-0.3, -0.25) is 4.79 Å². The molecule has 1 N–H and O–H groups in total. The third kappa shape index (κ3) is 4.65. The molecule has 0 aliphatic carbocycles. The van der Waals surface area contributed by atoms with Crippen molar-refractivity contribution >= 4 is 5.91 Å². The Balaban J connectivity index is 2.44. The molecule has 1 atom stereocenters. The lowest BCUT2D eigenvalue weighted by Gasteiger charge is -2.29. The predicted molar refractivity (Wildman–Crippen MR) is 76.3 cm³/mol. The molecule has 102 valence electrons. The van der Waals surface area contributed by atoms with Gasteiger partial charge in [0, 0.05) is 19.5 Å².